The number of hydrogen-bond donors (Lipinski definition) is 2. The first-order chi connectivity index (χ1) is 8.48. The van der Waals surface area contributed by atoms with Gasteiger partial charge in [0.05, 0.1) is 5.60 Å². The zero-order valence-corrected chi connectivity index (χ0v) is 12.0. The molecule has 0 atom stereocenters. The molecule has 0 saturated carbocycles. The number of nitrogens with one attached hydrogen (secondary N) is 2. The van der Waals surface area contributed by atoms with Crippen LogP contribution in [0.25, 0.3) is 0 Å². The van der Waals surface area contributed by atoms with Gasteiger partial charge in [0.1, 0.15) is 12.4 Å². The molecule has 0 aromatic carbocycles. The minimum absolute atomic E-state index is 0.0506. The van der Waals surface area contributed by atoms with Gasteiger partial charge in [-0.2, -0.15) is 0 Å². The molecule has 0 spiro atoms. The van der Waals surface area contributed by atoms with E-state index in [9.17, 15) is 4.79 Å². The van der Waals surface area contributed by atoms with Crippen LogP contribution in [0.1, 0.15) is 12.5 Å². The minimum Gasteiger partial charge on any atom is -0.363 e. The Hall–Kier alpha value is -0.980. The average Bonchev–Trinajstić information content (AvgIpc) is 2.29. The van der Waals surface area contributed by atoms with Crippen molar-refractivity contribution in [3.63, 3.8) is 0 Å². The largest absolute Gasteiger partial charge is 0.363 e. The number of aryl methyl sites for hydroxylation is 1. The van der Waals surface area contributed by atoms with Crippen LogP contribution >= 0.6 is 15.9 Å². The highest BCUT2D eigenvalue weighted by Gasteiger charge is 2.32. The second-order valence-electron chi connectivity index (χ2n) is 4.71. The monoisotopic (exact) mass is 313 g/mol. The van der Waals surface area contributed by atoms with E-state index in [1.165, 1.54) is 0 Å². The lowest BCUT2D eigenvalue weighted by molar-refractivity contribution is -0.130. The predicted molar refractivity (Wildman–Crippen MR) is 72.5 cm³/mol. The molecule has 1 fully saturated rings. The quantitative estimate of drug-likeness (QED) is 0.883. The lowest BCUT2D eigenvalue weighted by atomic mass is 10.0. The number of halogens is 1. The lowest BCUT2D eigenvalue weighted by Crippen LogP contribution is -2.59. The number of amides is 1. The summed E-state index contributed by atoms with van der Waals surface area (Å²) in [6.07, 6.45) is 1.67. The Morgan fingerprint density at radius 1 is 1.67 bits per heavy atom. The number of carbonyl (C=O) groups is 1. The first-order valence-electron chi connectivity index (χ1n) is 5.75. The highest BCUT2D eigenvalue weighted by Crippen LogP contribution is 2.18. The molecular formula is C12H16BrN3O2. The molecule has 2 rings (SSSR count). The number of aromatic nitrogens is 1. The molecule has 6 heteroatoms. The normalized spacial score (nSPS) is 17.1. The zero-order valence-electron chi connectivity index (χ0n) is 10.4. The first-order valence-corrected chi connectivity index (χ1v) is 6.54. The van der Waals surface area contributed by atoms with Crippen molar-refractivity contribution < 1.29 is 9.53 Å². The second-order valence-corrected chi connectivity index (χ2v) is 5.56. The van der Waals surface area contributed by atoms with Crippen molar-refractivity contribution >= 4 is 27.7 Å². The summed E-state index contributed by atoms with van der Waals surface area (Å²) < 4.78 is 6.46. The molecule has 98 valence electrons. The molecule has 18 heavy (non-hydrogen) atoms. The van der Waals surface area contributed by atoms with E-state index >= 15 is 0 Å². The highest BCUT2D eigenvalue weighted by molar-refractivity contribution is 9.10. The fourth-order valence-electron chi connectivity index (χ4n) is 1.61. The molecule has 5 nitrogen and oxygen atoms in total. The summed E-state index contributed by atoms with van der Waals surface area (Å²) >= 11 is 3.36. The summed E-state index contributed by atoms with van der Waals surface area (Å²) in [5.74, 6) is 0.360. The van der Waals surface area contributed by atoms with E-state index in [-0.39, 0.29) is 18.1 Å². The molecular weight excluding hydrogens is 298 g/mol. The summed E-state index contributed by atoms with van der Waals surface area (Å²) in [7, 11) is 0. The van der Waals surface area contributed by atoms with E-state index in [1.54, 1.807) is 6.20 Å². The standard InChI is InChI=1S/C12H16BrN3O2/c1-8-3-10(15-4-9(8)13)16-11(17)5-18-12(2)6-14-7-12/h3-4,14H,5-7H2,1-2H3,(H,15,16,17). The van der Waals surface area contributed by atoms with E-state index in [2.05, 4.69) is 31.5 Å². The smallest absolute Gasteiger partial charge is 0.251 e. The Balaban J connectivity index is 1.85. The van der Waals surface area contributed by atoms with E-state index in [0.717, 1.165) is 23.1 Å². The zero-order chi connectivity index (χ0) is 13.2. The SMILES string of the molecule is Cc1cc(NC(=O)COC2(C)CNC2)ncc1Br. The number of rotatable bonds is 4. The van der Waals surface area contributed by atoms with Crippen LogP contribution in [0, 0.1) is 6.92 Å². The van der Waals surface area contributed by atoms with Crippen molar-refractivity contribution in [3.05, 3.63) is 22.3 Å². The van der Waals surface area contributed by atoms with Crippen LogP contribution < -0.4 is 10.6 Å². The minimum atomic E-state index is -0.208. The highest BCUT2D eigenvalue weighted by atomic mass is 79.9. The maximum absolute atomic E-state index is 11.7. The van der Waals surface area contributed by atoms with Crippen molar-refractivity contribution in [1.29, 1.82) is 0 Å². The van der Waals surface area contributed by atoms with Crippen molar-refractivity contribution in [1.82, 2.24) is 10.3 Å². The molecule has 2 heterocycles. The van der Waals surface area contributed by atoms with Gasteiger partial charge in [-0.1, -0.05) is 0 Å². The van der Waals surface area contributed by atoms with Gasteiger partial charge >= 0.3 is 0 Å². The Bertz CT molecular complexity index is 461. The molecule has 1 aliphatic heterocycles. The van der Waals surface area contributed by atoms with E-state index in [1.807, 2.05) is 19.9 Å². The summed E-state index contributed by atoms with van der Waals surface area (Å²) in [5.41, 5.74) is 0.816. The van der Waals surface area contributed by atoms with Crippen LogP contribution in [-0.4, -0.2) is 36.2 Å². The predicted octanol–water partition coefficient (Wildman–Crippen LogP) is 1.47. The van der Waals surface area contributed by atoms with Crippen LogP contribution in [0.3, 0.4) is 0 Å². The van der Waals surface area contributed by atoms with Crippen LogP contribution in [0.4, 0.5) is 5.82 Å². The lowest BCUT2D eigenvalue weighted by Gasteiger charge is -2.38. The van der Waals surface area contributed by atoms with Gasteiger partial charge in [-0.3, -0.25) is 4.79 Å². The number of pyridine rings is 1. The van der Waals surface area contributed by atoms with Crippen molar-refractivity contribution in [2.24, 2.45) is 0 Å². The molecule has 0 unspecified atom stereocenters. The van der Waals surface area contributed by atoms with Crippen LogP contribution in [0.5, 0.6) is 0 Å². The third-order valence-electron chi connectivity index (χ3n) is 2.86. The van der Waals surface area contributed by atoms with Gasteiger partial charge in [-0.25, -0.2) is 4.98 Å². The summed E-state index contributed by atoms with van der Waals surface area (Å²) in [6.45, 7) is 5.55. The van der Waals surface area contributed by atoms with Gasteiger partial charge in [-0.05, 0) is 41.4 Å². The van der Waals surface area contributed by atoms with Gasteiger partial charge in [0.25, 0.3) is 5.91 Å². The number of hydrogen-bond acceptors (Lipinski definition) is 4. The Morgan fingerprint density at radius 2 is 2.39 bits per heavy atom. The molecule has 0 bridgehead atoms. The summed E-state index contributed by atoms with van der Waals surface area (Å²) in [6, 6.07) is 1.81. The second kappa shape index (κ2) is 5.34. The maximum atomic E-state index is 11.7. The molecule has 0 aliphatic carbocycles. The van der Waals surface area contributed by atoms with Gasteiger partial charge < -0.3 is 15.4 Å². The molecule has 1 aromatic heterocycles. The Morgan fingerprint density at radius 3 is 2.94 bits per heavy atom. The van der Waals surface area contributed by atoms with Crippen molar-refractivity contribution in [2.45, 2.75) is 19.4 Å². The molecule has 0 radical (unpaired) electrons. The van der Waals surface area contributed by atoms with E-state index < -0.39 is 0 Å². The van der Waals surface area contributed by atoms with Crippen LogP contribution in [0.2, 0.25) is 0 Å². The Kier molecular flexibility index (Phi) is 3.99. The van der Waals surface area contributed by atoms with Gasteiger partial charge in [0.15, 0.2) is 0 Å². The average molecular weight is 314 g/mol. The third kappa shape index (κ3) is 3.28. The maximum Gasteiger partial charge on any atom is 0.251 e. The Labute approximate surface area is 114 Å². The number of anilines is 1. The van der Waals surface area contributed by atoms with E-state index in [4.69, 9.17) is 4.74 Å². The van der Waals surface area contributed by atoms with E-state index in [0.29, 0.717) is 5.82 Å². The molecule has 1 aromatic rings. The molecule has 1 amide bonds. The van der Waals surface area contributed by atoms with Gasteiger partial charge in [0, 0.05) is 23.8 Å². The number of ether oxygens (including phenoxy) is 1. The fraction of sp³-hybridized carbons (Fsp3) is 0.500. The topological polar surface area (TPSA) is 63.2 Å². The van der Waals surface area contributed by atoms with Crippen LogP contribution in [0.15, 0.2) is 16.7 Å². The van der Waals surface area contributed by atoms with Crippen molar-refractivity contribution in [2.75, 3.05) is 25.0 Å². The third-order valence-corrected chi connectivity index (χ3v) is 3.69. The van der Waals surface area contributed by atoms with Gasteiger partial charge in [0.2, 0.25) is 0 Å². The first kappa shape index (κ1) is 13.5. The number of nitrogens with zero attached hydrogens (tertiary/aromatic N) is 1. The molecule has 2 N–H and O–H groups in total. The molecule has 1 saturated heterocycles. The molecule has 1 aliphatic rings. The van der Waals surface area contributed by atoms with Gasteiger partial charge in [-0.15, -0.1) is 0 Å². The van der Waals surface area contributed by atoms with Crippen molar-refractivity contribution in [3.8, 4) is 0 Å². The summed E-state index contributed by atoms with van der Waals surface area (Å²) in [4.78, 5) is 15.8. The summed E-state index contributed by atoms with van der Waals surface area (Å²) in [5, 5.41) is 5.83. The number of carbonyl (C=O) groups excluding carboxylic acids is 1. The fourth-order valence-corrected chi connectivity index (χ4v) is 1.82. The van der Waals surface area contributed by atoms with Crippen LogP contribution in [-0.2, 0) is 9.53 Å².